The largest absolute Gasteiger partial charge is 0.324 e. The molecule has 1 rings (SSSR count). The number of aromatic amines is 1. The number of hydrogen-bond acceptors (Lipinski definition) is 0. The van der Waals surface area contributed by atoms with Crippen molar-refractivity contribution in [2.75, 3.05) is 0 Å². The third-order valence-electron chi connectivity index (χ3n) is 0.753. The monoisotopic (exact) mass is 98.1 g/mol. The average molecular weight is 98.1 g/mol. The van der Waals surface area contributed by atoms with Crippen molar-refractivity contribution in [2.45, 2.75) is 0 Å². The summed E-state index contributed by atoms with van der Waals surface area (Å²) in [5, 5.41) is 2.89. The van der Waals surface area contributed by atoms with E-state index in [-0.39, 0.29) is 0 Å². The van der Waals surface area contributed by atoms with Crippen LogP contribution in [0.1, 0.15) is 0 Å². The van der Waals surface area contributed by atoms with Gasteiger partial charge < -0.3 is 4.57 Å². The van der Waals surface area contributed by atoms with Crippen LogP contribution in [-0.4, -0.2) is 5.10 Å². The molecule has 1 N–H and O–H groups in total. The SMILES string of the molecule is C[n+]1[c-][n+](C)[nH]c1. The minimum absolute atomic E-state index is 1.75. The van der Waals surface area contributed by atoms with Gasteiger partial charge in [-0.05, 0) is 0 Å². The summed E-state index contributed by atoms with van der Waals surface area (Å²) < 4.78 is 3.57. The number of nitrogens with zero attached hydrogens (tertiary/aromatic N) is 2. The van der Waals surface area contributed by atoms with E-state index in [1.807, 2.05) is 25.0 Å². The zero-order valence-corrected chi connectivity index (χ0v) is 4.47. The molecule has 0 aromatic carbocycles. The molecule has 0 spiro atoms. The molecule has 1 aromatic heterocycles. The fraction of sp³-hybridized carbons (Fsp3) is 0.500. The average Bonchev–Trinajstić information content (AvgIpc) is 1.87. The Morgan fingerprint density at radius 1 is 1.57 bits per heavy atom. The summed E-state index contributed by atoms with van der Waals surface area (Å²) in [6.07, 6.45) is 4.74. The molecule has 0 aliphatic carbocycles. The lowest BCUT2D eigenvalue weighted by Gasteiger charge is -1.72. The minimum atomic E-state index is 1.75. The van der Waals surface area contributed by atoms with Crippen LogP contribution in [0, 0.1) is 6.33 Å². The van der Waals surface area contributed by atoms with E-state index in [4.69, 9.17) is 0 Å². The van der Waals surface area contributed by atoms with Gasteiger partial charge in [0.15, 0.2) is 6.33 Å². The van der Waals surface area contributed by atoms with Gasteiger partial charge in [0, 0.05) is 0 Å². The molecule has 1 heterocycles. The lowest BCUT2D eigenvalue weighted by molar-refractivity contribution is -0.801. The molecule has 0 radical (unpaired) electrons. The molecule has 0 amide bonds. The number of rotatable bonds is 0. The Hall–Kier alpha value is -0.860. The summed E-state index contributed by atoms with van der Waals surface area (Å²) >= 11 is 0. The van der Waals surface area contributed by atoms with Crippen LogP contribution in [0.3, 0.4) is 0 Å². The highest BCUT2D eigenvalue weighted by Gasteiger charge is 1.86. The van der Waals surface area contributed by atoms with Gasteiger partial charge in [0.25, 0.3) is 6.33 Å². The zero-order chi connectivity index (χ0) is 5.28. The van der Waals surface area contributed by atoms with Crippen LogP contribution in [0.25, 0.3) is 0 Å². The molecule has 7 heavy (non-hydrogen) atoms. The van der Waals surface area contributed by atoms with Crippen LogP contribution in [0.15, 0.2) is 6.33 Å². The maximum Gasteiger partial charge on any atom is 0.260 e. The fourth-order valence-corrected chi connectivity index (χ4v) is 0.468. The molecule has 0 fully saturated rings. The van der Waals surface area contributed by atoms with Gasteiger partial charge in [0.2, 0.25) is 0 Å². The molecule has 3 nitrogen and oxygen atoms in total. The number of hydrogen-bond donors (Lipinski definition) is 1. The first-order valence-electron chi connectivity index (χ1n) is 2.11. The lowest BCUT2D eigenvalue weighted by Crippen LogP contribution is -2.35. The van der Waals surface area contributed by atoms with Crippen molar-refractivity contribution in [1.82, 2.24) is 5.10 Å². The Bertz CT molecular complexity index is 139. The molecule has 38 valence electrons. The van der Waals surface area contributed by atoms with Gasteiger partial charge in [-0.15, -0.1) is 9.78 Å². The smallest absolute Gasteiger partial charge is 0.260 e. The van der Waals surface area contributed by atoms with Crippen LogP contribution in [0.5, 0.6) is 0 Å². The van der Waals surface area contributed by atoms with E-state index >= 15 is 0 Å². The normalized spacial score (nSPS) is 9.43. The van der Waals surface area contributed by atoms with Gasteiger partial charge in [0.1, 0.15) is 7.05 Å². The first-order chi connectivity index (χ1) is 3.29. The Morgan fingerprint density at radius 3 is 2.43 bits per heavy atom. The standard InChI is InChI=1S/C4H8N3/c1-6-3-5-7(2)4-6/h3,5H,1-2H3/q+1. The van der Waals surface area contributed by atoms with E-state index in [1.165, 1.54) is 0 Å². The Kier molecular flexibility index (Phi) is 0.817. The Balaban J connectivity index is 3.04. The van der Waals surface area contributed by atoms with Crippen LogP contribution in [-0.2, 0) is 14.1 Å². The van der Waals surface area contributed by atoms with Crippen LogP contribution in [0.2, 0.25) is 0 Å². The van der Waals surface area contributed by atoms with Crippen LogP contribution in [0.4, 0.5) is 0 Å². The molecule has 0 saturated carbocycles. The predicted octanol–water partition coefficient (Wildman–Crippen LogP) is -1.54. The summed E-state index contributed by atoms with van der Waals surface area (Å²) in [7, 11) is 3.80. The Labute approximate surface area is 42.2 Å². The van der Waals surface area contributed by atoms with Crippen LogP contribution < -0.4 is 9.25 Å². The molecule has 0 aliphatic rings. The first kappa shape index (κ1) is 4.30. The van der Waals surface area contributed by atoms with Gasteiger partial charge in [-0.2, -0.15) is 0 Å². The number of nitrogens with one attached hydrogen (secondary N) is 1. The molecular formula is C4H8N3+. The van der Waals surface area contributed by atoms with E-state index in [1.54, 1.807) is 4.68 Å². The van der Waals surface area contributed by atoms with Crippen molar-refractivity contribution in [2.24, 2.45) is 14.1 Å². The number of H-pyrrole nitrogens is 1. The third kappa shape index (κ3) is 0.765. The zero-order valence-electron chi connectivity index (χ0n) is 4.47. The van der Waals surface area contributed by atoms with E-state index in [0.29, 0.717) is 0 Å². The van der Waals surface area contributed by atoms with Crippen molar-refractivity contribution >= 4 is 0 Å². The molecule has 3 heteroatoms. The topological polar surface area (TPSA) is 23.5 Å². The maximum absolute atomic E-state index is 2.92. The molecular weight excluding hydrogens is 90.1 g/mol. The van der Waals surface area contributed by atoms with E-state index in [9.17, 15) is 0 Å². The molecule has 0 aliphatic heterocycles. The number of aromatic nitrogens is 3. The van der Waals surface area contributed by atoms with E-state index < -0.39 is 0 Å². The Morgan fingerprint density at radius 2 is 2.29 bits per heavy atom. The van der Waals surface area contributed by atoms with Crippen molar-refractivity contribution in [3.63, 3.8) is 0 Å². The van der Waals surface area contributed by atoms with Gasteiger partial charge in [0.05, 0.1) is 7.05 Å². The third-order valence-corrected chi connectivity index (χ3v) is 0.753. The summed E-state index contributed by atoms with van der Waals surface area (Å²) in [6, 6.07) is 0. The highest BCUT2D eigenvalue weighted by molar-refractivity contribution is 4.10. The van der Waals surface area contributed by atoms with E-state index in [0.717, 1.165) is 0 Å². The van der Waals surface area contributed by atoms with E-state index in [2.05, 4.69) is 11.4 Å². The highest BCUT2D eigenvalue weighted by Crippen LogP contribution is 1.45. The number of aryl methyl sites for hydroxylation is 2. The molecule has 0 atom stereocenters. The van der Waals surface area contributed by atoms with Crippen molar-refractivity contribution < 1.29 is 9.25 Å². The first-order valence-corrected chi connectivity index (χ1v) is 2.11. The van der Waals surface area contributed by atoms with Gasteiger partial charge in [-0.25, -0.2) is 0 Å². The molecule has 1 aromatic rings. The summed E-state index contributed by atoms with van der Waals surface area (Å²) in [4.78, 5) is 0. The quantitative estimate of drug-likeness (QED) is 0.300. The summed E-state index contributed by atoms with van der Waals surface area (Å²) in [6.45, 7) is 0. The minimum Gasteiger partial charge on any atom is -0.324 e. The summed E-state index contributed by atoms with van der Waals surface area (Å²) in [5.74, 6) is 0. The van der Waals surface area contributed by atoms with Crippen LogP contribution >= 0.6 is 0 Å². The van der Waals surface area contributed by atoms with Gasteiger partial charge in [-0.1, -0.05) is 0 Å². The van der Waals surface area contributed by atoms with Gasteiger partial charge >= 0.3 is 0 Å². The lowest BCUT2D eigenvalue weighted by atomic mass is 11.1. The molecule has 0 bridgehead atoms. The maximum atomic E-state index is 2.92. The van der Waals surface area contributed by atoms with Crippen molar-refractivity contribution in [1.29, 1.82) is 0 Å². The van der Waals surface area contributed by atoms with Crippen molar-refractivity contribution in [3.05, 3.63) is 12.7 Å². The molecule has 0 saturated heterocycles. The second kappa shape index (κ2) is 1.33. The summed E-state index contributed by atoms with van der Waals surface area (Å²) in [5.41, 5.74) is 0. The second-order valence-corrected chi connectivity index (χ2v) is 1.53. The second-order valence-electron chi connectivity index (χ2n) is 1.53. The predicted molar refractivity (Wildman–Crippen MR) is 22.0 cm³/mol. The highest BCUT2D eigenvalue weighted by atomic mass is 15.3. The van der Waals surface area contributed by atoms with Crippen molar-refractivity contribution in [3.8, 4) is 0 Å². The fourth-order valence-electron chi connectivity index (χ4n) is 0.468. The molecule has 0 unspecified atom stereocenters. The van der Waals surface area contributed by atoms with Gasteiger partial charge in [-0.3, -0.25) is 0 Å².